The van der Waals surface area contributed by atoms with E-state index < -0.39 is 0 Å². The van der Waals surface area contributed by atoms with Crippen LogP contribution in [0, 0.1) is 6.92 Å². The van der Waals surface area contributed by atoms with Crippen LogP contribution >= 0.6 is 0 Å². The minimum atomic E-state index is 0.0664. The smallest absolute Gasteiger partial charge is 0.134 e. The van der Waals surface area contributed by atoms with E-state index in [2.05, 4.69) is 38.0 Å². The van der Waals surface area contributed by atoms with Crippen molar-refractivity contribution in [1.82, 2.24) is 10.3 Å². The van der Waals surface area contributed by atoms with E-state index in [-0.39, 0.29) is 5.54 Å². The van der Waals surface area contributed by atoms with E-state index >= 15 is 0 Å². The summed E-state index contributed by atoms with van der Waals surface area (Å²) >= 11 is 0. The third kappa shape index (κ3) is 4.35. The Bertz CT molecular complexity index is 556. The van der Waals surface area contributed by atoms with E-state index in [1.54, 1.807) is 6.20 Å². The van der Waals surface area contributed by atoms with Crippen molar-refractivity contribution in [3.05, 3.63) is 53.9 Å². The highest BCUT2D eigenvalue weighted by atomic mass is 16.5. The molecule has 2 aromatic rings. The van der Waals surface area contributed by atoms with Gasteiger partial charge in [0.1, 0.15) is 11.5 Å². The predicted octanol–water partition coefficient (Wildman–Crippen LogP) is 4.07. The van der Waals surface area contributed by atoms with Crippen LogP contribution in [-0.4, -0.2) is 10.5 Å². The zero-order valence-corrected chi connectivity index (χ0v) is 12.6. The van der Waals surface area contributed by atoms with E-state index in [4.69, 9.17) is 4.74 Å². The van der Waals surface area contributed by atoms with Gasteiger partial charge in [-0.1, -0.05) is 17.7 Å². The molecule has 3 nitrogen and oxygen atoms in total. The summed E-state index contributed by atoms with van der Waals surface area (Å²) in [7, 11) is 0. The van der Waals surface area contributed by atoms with E-state index in [1.165, 1.54) is 5.56 Å². The third-order valence-corrected chi connectivity index (χ3v) is 2.92. The van der Waals surface area contributed by atoms with E-state index in [0.29, 0.717) is 0 Å². The van der Waals surface area contributed by atoms with Crippen molar-refractivity contribution in [2.75, 3.05) is 0 Å². The van der Waals surface area contributed by atoms with E-state index in [9.17, 15) is 0 Å². The molecular formula is C17H22N2O. The fourth-order valence-corrected chi connectivity index (χ4v) is 1.74. The number of nitrogens with zero attached hydrogens (tertiary/aromatic N) is 1. The predicted molar refractivity (Wildman–Crippen MR) is 82.1 cm³/mol. The number of ether oxygens (including phenoxy) is 1. The molecule has 2 rings (SSSR count). The van der Waals surface area contributed by atoms with Crippen molar-refractivity contribution in [2.24, 2.45) is 0 Å². The topological polar surface area (TPSA) is 34.1 Å². The molecule has 1 aromatic heterocycles. The van der Waals surface area contributed by atoms with E-state index in [1.807, 2.05) is 36.5 Å². The molecule has 1 aromatic carbocycles. The third-order valence-electron chi connectivity index (χ3n) is 2.92. The molecule has 0 saturated carbocycles. The van der Waals surface area contributed by atoms with Crippen LogP contribution in [0.4, 0.5) is 0 Å². The van der Waals surface area contributed by atoms with Crippen LogP contribution in [0.2, 0.25) is 0 Å². The highest BCUT2D eigenvalue weighted by molar-refractivity contribution is 5.36. The zero-order valence-electron chi connectivity index (χ0n) is 12.6. The van der Waals surface area contributed by atoms with Crippen molar-refractivity contribution in [3.8, 4) is 11.5 Å². The quantitative estimate of drug-likeness (QED) is 0.909. The molecule has 0 spiro atoms. The second-order valence-corrected chi connectivity index (χ2v) is 6.00. The molecule has 0 bridgehead atoms. The Morgan fingerprint density at radius 1 is 1.10 bits per heavy atom. The van der Waals surface area contributed by atoms with Crippen LogP contribution in [-0.2, 0) is 6.54 Å². The number of aryl methyl sites for hydroxylation is 1. The monoisotopic (exact) mass is 270 g/mol. The first kappa shape index (κ1) is 14.5. The molecule has 0 amide bonds. The molecule has 0 aliphatic carbocycles. The second-order valence-electron chi connectivity index (χ2n) is 6.00. The minimum Gasteiger partial charge on any atom is -0.457 e. The molecule has 0 saturated heterocycles. The van der Waals surface area contributed by atoms with Gasteiger partial charge in [-0.05, 0) is 45.9 Å². The summed E-state index contributed by atoms with van der Waals surface area (Å²) in [4.78, 5) is 4.18. The average Bonchev–Trinajstić information content (AvgIpc) is 2.39. The van der Waals surface area contributed by atoms with Crippen molar-refractivity contribution in [1.29, 1.82) is 0 Å². The average molecular weight is 270 g/mol. The number of rotatable bonds is 4. The van der Waals surface area contributed by atoms with Crippen LogP contribution in [0.1, 0.15) is 31.9 Å². The lowest BCUT2D eigenvalue weighted by Gasteiger charge is -2.21. The molecule has 0 radical (unpaired) electrons. The second kappa shape index (κ2) is 6.06. The first-order valence-electron chi connectivity index (χ1n) is 6.86. The Morgan fingerprint density at radius 2 is 1.80 bits per heavy atom. The maximum absolute atomic E-state index is 5.95. The summed E-state index contributed by atoms with van der Waals surface area (Å²) in [6.45, 7) is 9.23. The summed E-state index contributed by atoms with van der Waals surface area (Å²) in [5.41, 5.74) is 2.35. The summed E-state index contributed by atoms with van der Waals surface area (Å²) in [6, 6.07) is 9.96. The van der Waals surface area contributed by atoms with Gasteiger partial charge in [0.25, 0.3) is 0 Å². The first-order chi connectivity index (χ1) is 9.44. The van der Waals surface area contributed by atoms with E-state index in [0.717, 1.165) is 23.6 Å². The number of benzene rings is 1. The number of nitrogens with one attached hydrogen (secondary N) is 1. The largest absolute Gasteiger partial charge is 0.457 e. The molecule has 0 fully saturated rings. The van der Waals surface area contributed by atoms with Crippen molar-refractivity contribution < 1.29 is 4.74 Å². The molecule has 0 aliphatic rings. The van der Waals surface area contributed by atoms with Gasteiger partial charge in [0, 0.05) is 30.0 Å². The number of hydrogen-bond acceptors (Lipinski definition) is 3. The number of pyridine rings is 1. The standard InChI is InChI=1S/C17H22N2O/c1-13-5-7-15(8-6-13)20-16-9-10-18-11-14(16)12-19-17(2,3)4/h5-11,19H,12H2,1-4H3. The van der Waals surface area contributed by atoms with Gasteiger partial charge in [-0.2, -0.15) is 0 Å². The summed E-state index contributed by atoms with van der Waals surface area (Å²) < 4.78 is 5.95. The molecule has 0 aliphatic heterocycles. The fraction of sp³-hybridized carbons (Fsp3) is 0.353. The minimum absolute atomic E-state index is 0.0664. The SMILES string of the molecule is Cc1ccc(Oc2ccncc2CNC(C)(C)C)cc1. The van der Waals surface area contributed by atoms with Gasteiger partial charge >= 0.3 is 0 Å². The van der Waals surface area contributed by atoms with Crippen molar-refractivity contribution in [3.63, 3.8) is 0 Å². The molecule has 0 atom stereocenters. The van der Waals surface area contributed by atoms with Gasteiger partial charge in [0.15, 0.2) is 0 Å². The molecular weight excluding hydrogens is 248 g/mol. The molecule has 20 heavy (non-hydrogen) atoms. The Kier molecular flexibility index (Phi) is 4.40. The van der Waals surface area contributed by atoms with Gasteiger partial charge in [-0.3, -0.25) is 4.98 Å². The summed E-state index contributed by atoms with van der Waals surface area (Å²) in [6.07, 6.45) is 3.60. The normalized spacial score (nSPS) is 11.4. The summed E-state index contributed by atoms with van der Waals surface area (Å²) in [5.74, 6) is 1.69. The first-order valence-corrected chi connectivity index (χ1v) is 6.86. The number of hydrogen-bond donors (Lipinski definition) is 1. The van der Waals surface area contributed by atoms with Gasteiger partial charge in [0.2, 0.25) is 0 Å². The van der Waals surface area contributed by atoms with Crippen LogP contribution in [0.25, 0.3) is 0 Å². The van der Waals surface area contributed by atoms with Gasteiger partial charge in [-0.25, -0.2) is 0 Å². The van der Waals surface area contributed by atoms with Crippen LogP contribution in [0.5, 0.6) is 11.5 Å². The number of aromatic nitrogens is 1. The molecule has 0 unspecified atom stereocenters. The molecule has 1 N–H and O–H groups in total. The van der Waals surface area contributed by atoms with Gasteiger partial charge in [0.05, 0.1) is 0 Å². The fourth-order valence-electron chi connectivity index (χ4n) is 1.74. The maximum Gasteiger partial charge on any atom is 0.134 e. The lowest BCUT2D eigenvalue weighted by atomic mass is 10.1. The lowest BCUT2D eigenvalue weighted by Crippen LogP contribution is -2.35. The van der Waals surface area contributed by atoms with Crippen LogP contribution < -0.4 is 10.1 Å². The Balaban J connectivity index is 2.13. The summed E-state index contributed by atoms with van der Waals surface area (Å²) in [5, 5.41) is 3.45. The maximum atomic E-state index is 5.95. The Hall–Kier alpha value is -1.87. The zero-order chi connectivity index (χ0) is 14.6. The lowest BCUT2D eigenvalue weighted by molar-refractivity contribution is 0.413. The Labute approximate surface area is 121 Å². The van der Waals surface area contributed by atoms with Gasteiger partial charge in [-0.15, -0.1) is 0 Å². The van der Waals surface area contributed by atoms with Gasteiger partial charge < -0.3 is 10.1 Å². The highest BCUT2D eigenvalue weighted by Gasteiger charge is 2.11. The molecule has 3 heteroatoms. The molecule has 1 heterocycles. The highest BCUT2D eigenvalue weighted by Crippen LogP contribution is 2.25. The van der Waals surface area contributed by atoms with Crippen molar-refractivity contribution >= 4 is 0 Å². The Morgan fingerprint density at radius 3 is 2.45 bits per heavy atom. The molecule has 106 valence electrons. The van der Waals surface area contributed by atoms with Crippen LogP contribution in [0.3, 0.4) is 0 Å². The van der Waals surface area contributed by atoms with Crippen molar-refractivity contribution in [2.45, 2.75) is 39.8 Å². The van der Waals surface area contributed by atoms with Crippen LogP contribution in [0.15, 0.2) is 42.7 Å².